The highest BCUT2D eigenvalue weighted by Gasteiger charge is 2.20. The number of rotatable bonds is 2. The summed E-state index contributed by atoms with van der Waals surface area (Å²) >= 11 is 3.53. The van der Waals surface area contributed by atoms with E-state index in [0.29, 0.717) is 6.04 Å². The molecule has 3 rings (SSSR count). The molecule has 0 spiro atoms. The Morgan fingerprint density at radius 3 is 2.74 bits per heavy atom. The van der Waals surface area contributed by atoms with Crippen LogP contribution in [-0.2, 0) is 0 Å². The van der Waals surface area contributed by atoms with Gasteiger partial charge < -0.3 is 10.5 Å². The summed E-state index contributed by atoms with van der Waals surface area (Å²) < 4.78 is 7.16. The molecule has 0 radical (unpaired) electrons. The summed E-state index contributed by atoms with van der Waals surface area (Å²) in [5.41, 5.74) is 6.88. The first-order chi connectivity index (χ1) is 9.24. The van der Waals surface area contributed by atoms with Gasteiger partial charge in [0.2, 0.25) is 0 Å². The van der Waals surface area contributed by atoms with Gasteiger partial charge in [-0.15, -0.1) is 0 Å². The lowest BCUT2D eigenvalue weighted by Crippen LogP contribution is -2.31. The molecule has 4 heteroatoms. The standard InChI is InChI=1S/C15H17BrN2O/c16-13-3-1-2-12-14(8-9-18-15(12)13)19-11-6-4-10(17)5-7-11/h1-3,8-11H,4-7,17H2. The molecule has 1 aliphatic carbocycles. The van der Waals surface area contributed by atoms with Gasteiger partial charge in [0.15, 0.2) is 0 Å². The molecule has 1 aromatic carbocycles. The van der Waals surface area contributed by atoms with Crippen molar-refractivity contribution < 1.29 is 4.74 Å². The van der Waals surface area contributed by atoms with Crippen molar-refractivity contribution >= 4 is 26.8 Å². The lowest BCUT2D eigenvalue weighted by atomic mass is 9.94. The van der Waals surface area contributed by atoms with Gasteiger partial charge >= 0.3 is 0 Å². The Balaban J connectivity index is 1.87. The van der Waals surface area contributed by atoms with Gasteiger partial charge in [-0.1, -0.05) is 6.07 Å². The average molecular weight is 321 g/mol. The summed E-state index contributed by atoms with van der Waals surface area (Å²) in [6.45, 7) is 0. The number of halogens is 1. The third-order valence-electron chi connectivity index (χ3n) is 3.69. The molecule has 1 aliphatic rings. The molecule has 1 heterocycles. The topological polar surface area (TPSA) is 48.1 Å². The normalized spacial score (nSPS) is 23.5. The summed E-state index contributed by atoms with van der Waals surface area (Å²) in [5.74, 6) is 0.923. The number of para-hydroxylation sites is 1. The van der Waals surface area contributed by atoms with Crippen molar-refractivity contribution in [3.05, 3.63) is 34.9 Å². The minimum atomic E-state index is 0.282. The zero-order valence-corrected chi connectivity index (χ0v) is 12.3. The van der Waals surface area contributed by atoms with Crippen LogP contribution in [0.15, 0.2) is 34.9 Å². The second-order valence-electron chi connectivity index (χ2n) is 5.10. The summed E-state index contributed by atoms with van der Waals surface area (Å²) in [7, 11) is 0. The maximum absolute atomic E-state index is 6.16. The van der Waals surface area contributed by atoms with Crippen LogP contribution in [0.5, 0.6) is 5.75 Å². The van der Waals surface area contributed by atoms with Crippen LogP contribution >= 0.6 is 15.9 Å². The van der Waals surface area contributed by atoms with Crippen molar-refractivity contribution in [2.24, 2.45) is 5.73 Å². The van der Waals surface area contributed by atoms with E-state index >= 15 is 0 Å². The SMILES string of the molecule is NC1CCC(Oc2ccnc3c(Br)cccc23)CC1. The fraction of sp³-hybridized carbons (Fsp3) is 0.400. The fourth-order valence-corrected chi connectivity index (χ4v) is 3.07. The number of pyridine rings is 1. The summed E-state index contributed by atoms with van der Waals surface area (Å²) in [6, 6.07) is 8.36. The first-order valence-electron chi connectivity index (χ1n) is 6.69. The maximum atomic E-state index is 6.16. The van der Waals surface area contributed by atoms with Crippen molar-refractivity contribution in [3.63, 3.8) is 0 Å². The number of nitrogens with zero attached hydrogens (tertiary/aromatic N) is 1. The molecule has 3 nitrogen and oxygen atoms in total. The van der Waals surface area contributed by atoms with Gasteiger partial charge in [-0.05, 0) is 59.8 Å². The van der Waals surface area contributed by atoms with Crippen LogP contribution in [0.2, 0.25) is 0 Å². The Hall–Kier alpha value is -1.13. The molecule has 1 aromatic heterocycles. The Morgan fingerprint density at radius 1 is 1.16 bits per heavy atom. The van der Waals surface area contributed by atoms with Gasteiger partial charge in [0.1, 0.15) is 5.75 Å². The number of hydrogen-bond donors (Lipinski definition) is 1. The van der Waals surface area contributed by atoms with Gasteiger partial charge in [-0.2, -0.15) is 0 Å². The second kappa shape index (κ2) is 5.47. The van der Waals surface area contributed by atoms with Gasteiger partial charge in [0.25, 0.3) is 0 Å². The molecule has 1 saturated carbocycles. The maximum Gasteiger partial charge on any atom is 0.130 e. The van der Waals surface area contributed by atoms with Crippen LogP contribution in [-0.4, -0.2) is 17.1 Å². The Labute approximate surface area is 121 Å². The molecule has 0 atom stereocenters. The molecule has 0 bridgehead atoms. The third kappa shape index (κ3) is 2.74. The van der Waals surface area contributed by atoms with Crippen LogP contribution in [0.1, 0.15) is 25.7 Å². The van der Waals surface area contributed by atoms with Crippen molar-refractivity contribution in [1.29, 1.82) is 0 Å². The van der Waals surface area contributed by atoms with Crippen LogP contribution < -0.4 is 10.5 Å². The van der Waals surface area contributed by atoms with E-state index in [-0.39, 0.29) is 6.10 Å². The highest BCUT2D eigenvalue weighted by molar-refractivity contribution is 9.10. The molecule has 2 N–H and O–H groups in total. The summed E-state index contributed by atoms with van der Waals surface area (Å²) in [6.07, 6.45) is 6.27. The van der Waals surface area contributed by atoms with E-state index in [1.54, 1.807) is 6.20 Å². The Kier molecular flexibility index (Phi) is 3.71. The molecule has 0 aliphatic heterocycles. The molecule has 2 aromatic rings. The Morgan fingerprint density at radius 2 is 1.95 bits per heavy atom. The summed E-state index contributed by atoms with van der Waals surface area (Å²) in [4.78, 5) is 4.40. The zero-order chi connectivity index (χ0) is 13.2. The number of benzene rings is 1. The van der Waals surface area contributed by atoms with E-state index in [2.05, 4.69) is 27.0 Å². The van der Waals surface area contributed by atoms with Gasteiger partial charge in [-0.25, -0.2) is 0 Å². The highest BCUT2D eigenvalue weighted by Crippen LogP contribution is 2.31. The Bertz CT molecular complexity index is 579. The van der Waals surface area contributed by atoms with E-state index in [0.717, 1.165) is 46.8 Å². The second-order valence-corrected chi connectivity index (χ2v) is 5.95. The molecule has 0 amide bonds. The number of hydrogen-bond acceptors (Lipinski definition) is 3. The van der Waals surface area contributed by atoms with E-state index in [9.17, 15) is 0 Å². The van der Waals surface area contributed by atoms with Gasteiger partial charge in [-0.3, -0.25) is 4.98 Å². The van der Waals surface area contributed by atoms with E-state index in [4.69, 9.17) is 10.5 Å². The van der Waals surface area contributed by atoms with Crippen molar-refractivity contribution in [2.45, 2.75) is 37.8 Å². The minimum Gasteiger partial charge on any atom is -0.490 e. The molecule has 100 valence electrons. The fourth-order valence-electron chi connectivity index (χ4n) is 2.60. The van der Waals surface area contributed by atoms with Crippen LogP contribution in [0, 0.1) is 0 Å². The molecular formula is C15H17BrN2O. The van der Waals surface area contributed by atoms with Gasteiger partial charge in [0, 0.05) is 22.1 Å². The zero-order valence-electron chi connectivity index (χ0n) is 10.7. The number of nitrogens with two attached hydrogens (primary N) is 1. The molecular weight excluding hydrogens is 304 g/mol. The van der Waals surface area contributed by atoms with Crippen LogP contribution in [0.4, 0.5) is 0 Å². The number of fused-ring (bicyclic) bond motifs is 1. The number of ether oxygens (including phenoxy) is 1. The van der Waals surface area contributed by atoms with E-state index in [1.807, 2.05) is 18.2 Å². The lowest BCUT2D eigenvalue weighted by molar-refractivity contribution is 0.149. The smallest absolute Gasteiger partial charge is 0.130 e. The predicted molar refractivity (Wildman–Crippen MR) is 80.3 cm³/mol. The average Bonchev–Trinajstić information content (AvgIpc) is 2.43. The highest BCUT2D eigenvalue weighted by atomic mass is 79.9. The van der Waals surface area contributed by atoms with E-state index < -0.39 is 0 Å². The van der Waals surface area contributed by atoms with Crippen molar-refractivity contribution in [3.8, 4) is 5.75 Å². The quantitative estimate of drug-likeness (QED) is 0.918. The van der Waals surface area contributed by atoms with E-state index in [1.165, 1.54) is 0 Å². The predicted octanol–water partition coefficient (Wildman–Crippen LogP) is 3.65. The van der Waals surface area contributed by atoms with Crippen LogP contribution in [0.25, 0.3) is 10.9 Å². The van der Waals surface area contributed by atoms with Crippen molar-refractivity contribution in [2.75, 3.05) is 0 Å². The molecule has 19 heavy (non-hydrogen) atoms. The molecule has 0 unspecified atom stereocenters. The molecule has 0 saturated heterocycles. The largest absolute Gasteiger partial charge is 0.490 e. The van der Waals surface area contributed by atoms with Gasteiger partial charge in [0.05, 0.1) is 11.6 Å². The lowest BCUT2D eigenvalue weighted by Gasteiger charge is -2.27. The first-order valence-corrected chi connectivity index (χ1v) is 7.49. The van der Waals surface area contributed by atoms with Crippen molar-refractivity contribution in [1.82, 2.24) is 4.98 Å². The molecule has 1 fully saturated rings. The summed E-state index contributed by atoms with van der Waals surface area (Å²) in [5, 5.41) is 1.06. The first kappa shape index (κ1) is 12.9. The minimum absolute atomic E-state index is 0.282. The third-order valence-corrected chi connectivity index (χ3v) is 4.33. The monoisotopic (exact) mass is 320 g/mol. The number of aromatic nitrogens is 1. The van der Waals surface area contributed by atoms with Crippen LogP contribution in [0.3, 0.4) is 0 Å².